The number of carbonyl (C=O) groups excluding carboxylic acids is 1. The van der Waals surface area contributed by atoms with Crippen LogP contribution in [0.2, 0.25) is 0 Å². The van der Waals surface area contributed by atoms with Crippen LogP contribution in [0.25, 0.3) is 6.08 Å². The van der Waals surface area contributed by atoms with Crippen LogP contribution in [-0.2, 0) is 4.79 Å². The average molecular weight is 379 g/mol. The maximum atomic E-state index is 11.8. The van der Waals surface area contributed by atoms with Crippen molar-refractivity contribution in [2.24, 2.45) is 0 Å². The number of benzene rings is 1. The average Bonchev–Trinajstić information content (AvgIpc) is 2.73. The predicted molar refractivity (Wildman–Crippen MR) is 115 cm³/mol. The fourth-order valence-electron chi connectivity index (χ4n) is 3.42. The number of unbranched alkanes of at least 4 members (excludes halogenated alkanes) is 1. The molecular formula is C23H30N4O. The molecule has 5 heteroatoms. The molecule has 1 aromatic heterocycles. The van der Waals surface area contributed by atoms with Crippen LogP contribution < -0.4 is 10.2 Å². The number of carbonyl (C=O) groups is 1. The minimum absolute atomic E-state index is 0.0579. The van der Waals surface area contributed by atoms with Gasteiger partial charge in [-0.1, -0.05) is 18.2 Å². The zero-order valence-electron chi connectivity index (χ0n) is 16.7. The Morgan fingerprint density at radius 3 is 2.71 bits per heavy atom. The number of pyridine rings is 1. The Bertz CT molecular complexity index is 767. The summed E-state index contributed by atoms with van der Waals surface area (Å²) in [5.74, 6) is -0.0579. The van der Waals surface area contributed by atoms with Gasteiger partial charge >= 0.3 is 0 Å². The third-order valence-corrected chi connectivity index (χ3v) is 5.03. The molecule has 0 bridgehead atoms. The van der Waals surface area contributed by atoms with Crippen molar-refractivity contribution in [1.29, 1.82) is 0 Å². The third-order valence-electron chi connectivity index (χ3n) is 5.03. The fourth-order valence-corrected chi connectivity index (χ4v) is 3.42. The van der Waals surface area contributed by atoms with E-state index in [-0.39, 0.29) is 5.91 Å². The van der Waals surface area contributed by atoms with E-state index in [1.54, 1.807) is 18.3 Å². The lowest BCUT2D eigenvalue weighted by Crippen LogP contribution is -2.46. The molecule has 1 saturated heterocycles. The summed E-state index contributed by atoms with van der Waals surface area (Å²) in [6, 6.07) is 14.4. The highest BCUT2D eigenvalue weighted by molar-refractivity contribution is 5.91. The highest BCUT2D eigenvalue weighted by atomic mass is 16.1. The maximum Gasteiger partial charge on any atom is 0.244 e. The number of anilines is 1. The molecule has 1 N–H and O–H groups in total. The second-order valence-corrected chi connectivity index (χ2v) is 7.25. The predicted octanol–water partition coefficient (Wildman–Crippen LogP) is 3.12. The molecule has 0 atom stereocenters. The number of hydrogen-bond acceptors (Lipinski definition) is 4. The topological polar surface area (TPSA) is 48.5 Å². The molecule has 1 aromatic carbocycles. The van der Waals surface area contributed by atoms with E-state index in [4.69, 9.17) is 0 Å². The SMILES string of the molecule is Cc1cccc(N2CCN(CCCCNC(=O)/C=C/c3ccccn3)CC2)c1. The number of aryl methyl sites for hydroxylation is 1. The zero-order valence-corrected chi connectivity index (χ0v) is 16.7. The number of nitrogens with one attached hydrogen (secondary N) is 1. The Balaban J connectivity index is 1.27. The van der Waals surface area contributed by atoms with Gasteiger partial charge in [-0.3, -0.25) is 14.7 Å². The lowest BCUT2D eigenvalue weighted by molar-refractivity contribution is -0.116. The number of rotatable bonds is 8. The second-order valence-electron chi connectivity index (χ2n) is 7.25. The molecule has 3 rings (SSSR count). The molecule has 0 spiro atoms. The highest BCUT2D eigenvalue weighted by Gasteiger charge is 2.16. The molecule has 1 aliphatic heterocycles. The van der Waals surface area contributed by atoms with Gasteiger partial charge < -0.3 is 10.2 Å². The Kier molecular flexibility index (Phi) is 7.62. The molecule has 28 heavy (non-hydrogen) atoms. The number of aromatic nitrogens is 1. The smallest absolute Gasteiger partial charge is 0.244 e. The van der Waals surface area contributed by atoms with Crippen molar-refractivity contribution in [3.63, 3.8) is 0 Å². The van der Waals surface area contributed by atoms with Gasteiger partial charge in [0.1, 0.15) is 0 Å². The summed E-state index contributed by atoms with van der Waals surface area (Å²) in [5, 5.41) is 2.94. The van der Waals surface area contributed by atoms with Crippen LogP contribution >= 0.6 is 0 Å². The molecule has 0 radical (unpaired) electrons. The molecule has 0 unspecified atom stereocenters. The summed E-state index contributed by atoms with van der Waals surface area (Å²) in [7, 11) is 0. The maximum absolute atomic E-state index is 11.8. The molecule has 1 fully saturated rings. The van der Waals surface area contributed by atoms with Crippen LogP contribution in [0.5, 0.6) is 0 Å². The van der Waals surface area contributed by atoms with E-state index in [0.717, 1.165) is 51.3 Å². The molecule has 1 aliphatic rings. The van der Waals surface area contributed by atoms with Gasteiger partial charge in [-0.25, -0.2) is 0 Å². The quantitative estimate of drug-likeness (QED) is 0.566. The van der Waals surface area contributed by atoms with E-state index < -0.39 is 0 Å². The van der Waals surface area contributed by atoms with Crippen molar-refractivity contribution in [3.8, 4) is 0 Å². The van der Waals surface area contributed by atoms with Crippen LogP contribution in [0.1, 0.15) is 24.1 Å². The van der Waals surface area contributed by atoms with Gasteiger partial charge in [0, 0.05) is 50.7 Å². The first-order chi connectivity index (χ1) is 13.7. The Morgan fingerprint density at radius 1 is 1.11 bits per heavy atom. The molecule has 2 heterocycles. The van der Waals surface area contributed by atoms with Gasteiger partial charge in [-0.2, -0.15) is 0 Å². The summed E-state index contributed by atoms with van der Waals surface area (Å²) in [6.45, 7) is 8.33. The molecule has 2 aromatic rings. The van der Waals surface area contributed by atoms with Crippen LogP contribution in [0, 0.1) is 6.92 Å². The minimum Gasteiger partial charge on any atom is -0.369 e. The van der Waals surface area contributed by atoms with E-state index in [1.807, 2.05) is 18.2 Å². The van der Waals surface area contributed by atoms with E-state index in [1.165, 1.54) is 11.3 Å². The standard InChI is InChI=1S/C23H30N4O/c1-20-7-6-9-22(19-20)27-17-15-26(16-18-27)14-5-4-13-25-23(28)11-10-21-8-2-3-12-24-21/h2-3,6-12,19H,4-5,13-18H2,1H3,(H,25,28)/b11-10+. The molecule has 5 nitrogen and oxygen atoms in total. The van der Waals surface area contributed by atoms with E-state index >= 15 is 0 Å². The first-order valence-corrected chi connectivity index (χ1v) is 10.1. The molecule has 1 amide bonds. The Hall–Kier alpha value is -2.66. The van der Waals surface area contributed by atoms with E-state index in [9.17, 15) is 4.79 Å². The van der Waals surface area contributed by atoms with E-state index in [0.29, 0.717) is 6.54 Å². The number of hydrogen-bond donors (Lipinski definition) is 1. The molecular weight excluding hydrogens is 348 g/mol. The zero-order chi connectivity index (χ0) is 19.6. The summed E-state index contributed by atoms with van der Waals surface area (Å²) in [6.07, 6.45) is 7.12. The fraction of sp³-hybridized carbons (Fsp3) is 0.391. The number of nitrogens with zero attached hydrogens (tertiary/aromatic N) is 3. The van der Waals surface area contributed by atoms with Gasteiger partial charge in [-0.15, -0.1) is 0 Å². The summed E-state index contributed by atoms with van der Waals surface area (Å²) < 4.78 is 0. The summed E-state index contributed by atoms with van der Waals surface area (Å²) in [4.78, 5) is 21.0. The lowest BCUT2D eigenvalue weighted by Gasteiger charge is -2.36. The van der Waals surface area contributed by atoms with Crippen molar-refractivity contribution >= 4 is 17.7 Å². The minimum atomic E-state index is -0.0579. The van der Waals surface area contributed by atoms with Crippen LogP contribution in [0.15, 0.2) is 54.7 Å². The molecule has 0 saturated carbocycles. The molecule has 148 valence electrons. The number of amides is 1. The van der Waals surface area contributed by atoms with Gasteiger partial charge in [0.05, 0.1) is 5.69 Å². The van der Waals surface area contributed by atoms with Crippen LogP contribution in [-0.4, -0.2) is 55.1 Å². The number of piperazine rings is 1. The highest BCUT2D eigenvalue weighted by Crippen LogP contribution is 2.17. The Morgan fingerprint density at radius 2 is 1.96 bits per heavy atom. The van der Waals surface area contributed by atoms with E-state index in [2.05, 4.69) is 51.3 Å². The largest absolute Gasteiger partial charge is 0.369 e. The normalized spacial score (nSPS) is 15.1. The van der Waals surface area contributed by atoms with Crippen LogP contribution in [0.3, 0.4) is 0 Å². The summed E-state index contributed by atoms with van der Waals surface area (Å²) in [5.41, 5.74) is 3.44. The Labute approximate surface area is 168 Å². The third kappa shape index (κ3) is 6.50. The van der Waals surface area contributed by atoms with Crippen molar-refractivity contribution in [3.05, 3.63) is 66.0 Å². The van der Waals surface area contributed by atoms with Gasteiger partial charge in [-0.05, 0) is 62.2 Å². The molecule has 0 aliphatic carbocycles. The van der Waals surface area contributed by atoms with Crippen molar-refractivity contribution < 1.29 is 4.79 Å². The van der Waals surface area contributed by atoms with Gasteiger partial charge in [0.15, 0.2) is 0 Å². The van der Waals surface area contributed by atoms with Gasteiger partial charge in [0.25, 0.3) is 0 Å². The summed E-state index contributed by atoms with van der Waals surface area (Å²) >= 11 is 0. The monoisotopic (exact) mass is 378 g/mol. The van der Waals surface area contributed by atoms with Gasteiger partial charge in [0.2, 0.25) is 5.91 Å². The van der Waals surface area contributed by atoms with Crippen molar-refractivity contribution in [2.45, 2.75) is 19.8 Å². The van der Waals surface area contributed by atoms with Crippen LogP contribution in [0.4, 0.5) is 5.69 Å². The first kappa shape index (κ1) is 20.1. The van der Waals surface area contributed by atoms with Crippen molar-refractivity contribution in [1.82, 2.24) is 15.2 Å². The lowest BCUT2D eigenvalue weighted by atomic mass is 10.2. The second kappa shape index (κ2) is 10.6. The van der Waals surface area contributed by atoms with Crippen molar-refractivity contribution in [2.75, 3.05) is 44.2 Å². The first-order valence-electron chi connectivity index (χ1n) is 10.1.